The van der Waals surface area contributed by atoms with Gasteiger partial charge >= 0.3 is 0 Å². The lowest BCUT2D eigenvalue weighted by molar-refractivity contribution is -0.122. The number of rotatable bonds is 4. The zero-order valence-electron chi connectivity index (χ0n) is 11.2. The Balaban J connectivity index is 2.31. The zero-order valence-corrected chi connectivity index (χ0v) is 12.8. The van der Waals surface area contributed by atoms with Crippen molar-refractivity contribution in [2.24, 2.45) is 17.6 Å². The molecule has 0 aromatic heterocycles. The number of amides is 1. The van der Waals surface area contributed by atoms with Crippen molar-refractivity contribution in [3.8, 4) is 0 Å². The summed E-state index contributed by atoms with van der Waals surface area (Å²) in [5, 5.41) is 3.36. The second-order valence-corrected chi connectivity index (χ2v) is 6.57. The highest BCUT2D eigenvalue weighted by molar-refractivity contribution is 9.10. The molecule has 0 saturated carbocycles. The van der Waals surface area contributed by atoms with Crippen molar-refractivity contribution < 1.29 is 4.79 Å². The number of benzene rings is 1. The quantitative estimate of drug-likeness (QED) is 0.835. The van der Waals surface area contributed by atoms with Crippen molar-refractivity contribution in [2.75, 3.05) is 13.1 Å². The third-order valence-corrected chi connectivity index (χ3v) is 5.84. The molecule has 2 rings (SSSR count). The fourth-order valence-corrected chi connectivity index (χ4v) is 3.62. The van der Waals surface area contributed by atoms with Gasteiger partial charge in [-0.2, -0.15) is 0 Å². The minimum Gasteiger partial charge on any atom is -0.368 e. The summed E-state index contributed by atoms with van der Waals surface area (Å²) < 4.78 is -0.768. The van der Waals surface area contributed by atoms with Crippen LogP contribution < -0.4 is 11.1 Å². The number of hydrogen-bond donors (Lipinski definition) is 2. The fraction of sp³-hybridized carbons (Fsp3) is 0.533. The Kier molecular flexibility index (Phi) is 4.63. The van der Waals surface area contributed by atoms with Gasteiger partial charge < -0.3 is 11.1 Å². The standard InChI is InChI=1S/C15H21BrN2O/c1-11(12-7-9-18-10-8-12)15(16,14(17)19)13-5-3-2-4-6-13/h2-6,11-12,18H,7-10H2,1H3,(H2,17,19). The van der Waals surface area contributed by atoms with Gasteiger partial charge in [-0.05, 0) is 43.3 Å². The molecular formula is C15H21BrN2O. The maximum absolute atomic E-state index is 12.1. The van der Waals surface area contributed by atoms with Crippen LogP contribution in [-0.2, 0) is 9.12 Å². The van der Waals surface area contributed by atoms with Crippen molar-refractivity contribution >= 4 is 21.8 Å². The third-order valence-electron chi connectivity index (χ3n) is 4.27. The Hall–Kier alpha value is -0.870. The molecule has 3 N–H and O–H groups in total. The lowest BCUT2D eigenvalue weighted by Crippen LogP contribution is -2.46. The third kappa shape index (κ3) is 2.84. The predicted octanol–water partition coefficient (Wildman–Crippen LogP) is 2.40. The molecule has 1 aliphatic heterocycles. The van der Waals surface area contributed by atoms with E-state index in [0.717, 1.165) is 31.5 Å². The number of primary amides is 1. The van der Waals surface area contributed by atoms with E-state index in [9.17, 15) is 4.79 Å². The van der Waals surface area contributed by atoms with Gasteiger partial charge in [0.1, 0.15) is 4.32 Å². The van der Waals surface area contributed by atoms with E-state index >= 15 is 0 Å². The highest BCUT2D eigenvalue weighted by Gasteiger charge is 2.44. The van der Waals surface area contributed by atoms with Crippen LogP contribution in [0.4, 0.5) is 0 Å². The molecule has 1 aliphatic rings. The van der Waals surface area contributed by atoms with Crippen LogP contribution in [0.3, 0.4) is 0 Å². The van der Waals surface area contributed by atoms with Gasteiger partial charge in [0.15, 0.2) is 0 Å². The molecular weight excluding hydrogens is 304 g/mol. The van der Waals surface area contributed by atoms with Crippen LogP contribution >= 0.6 is 15.9 Å². The molecule has 19 heavy (non-hydrogen) atoms. The van der Waals surface area contributed by atoms with Crippen molar-refractivity contribution in [1.82, 2.24) is 5.32 Å². The molecule has 1 amide bonds. The summed E-state index contributed by atoms with van der Waals surface area (Å²) in [6, 6.07) is 9.79. The van der Waals surface area contributed by atoms with Crippen LogP contribution in [-0.4, -0.2) is 19.0 Å². The monoisotopic (exact) mass is 324 g/mol. The molecule has 0 aliphatic carbocycles. The summed E-state index contributed by atoms with van der Waals surface area (Å²) >= 11 is 3.66. The number of carbonyl (C=O) groups is 1. The number of piperidine rings is 1. The zero-order chi connectivity index (χ0) is 13.9. The normalized spacial score (nSPS) is 21.6. The van der Waals surface area contributed by atoms with E-state index in [0.29, 0.717) is 5.92 Å². The molecule has 2 unspecified atom stereocenters. The predicted molar refractivity (Wildman–Crippen MR) is 81.0 cm³/mol. The van der Waals surface area contributed by atoms with Gasteiger partial charge in [-0.3, -0.25) is 4.79 Å². The van der Waals surface area contributed by atoms with Crippen molar-refractivity contribution in [3.05, 3.63) is 35.9 Å². The molecule has 0 bridgehead atoms. The molecule has 1 aromatic rings. The van der Waals surface area contributed by atoms with E-state index in [1.54, 1.807) is 0 Å². The Morgan fingerprint density at radius 1 is 1.37 bits per heavy atom. The minimum absolute atomic E-state index is 0.175. The van der Waals surface area contributed by atoms with Crippen LogP contribution in [0.5, 0.6) is 0 Å². The molecule has 1 aromatic carbocycles. The topological polar surface area (TPSA) is 55.1 Å². The number of carbonyl (C=O) groups excluding carboxylic acids is 1. The van der Waals surface area contributed by atoms with Crippen molar-refractivity contribution in [3.63, 3.8) is 0 Å². The smallest absolute Gasteiger partial charge is 0.239 e. The molecule has 4 heteroatoms. The van der Waals surface area contributed by atoms with E-state index in [4.69, 9.17) is 5.73 Å². The Bertz CT molecular complexity index is 431. The van der Waals surface area contributed by atoms with Gasteiger partial charge in [0, 0.05) is 0 Å². The van der Waals surface area contributed by atoms with Crippen LogP contribution in [0, 0.1) is 11.8 Å². The first-order valence-electron chi connectivity index (χ1n) is 6.82. The largest absolute Gasteiger partial charge is 0.368 e. The fourth-order valence-electron chi connectivity index (χ4n) is 2.98. The molecule has 1 saturated heterocycles. The Morgan fingerprint density at radius 3 is 2.47 bits per heavy atom. The number of alkyl halides is 1. The maximum Gasteiger partial charge on any atom is 0.239 e. The van der Waals surface area contributed by atoms with E-state index in [1.807, 2.05) is 30.3 Å². The highest BCUT2D eigenvalue weighted by Crippen LogP contribution is 2.44. The first-order chi connectivity index (χ1) is 9.06. The first-order valence-corrected chi connectivity index (χ1v) is 7.61. The second-order valence-electron chi connectivity index (χ2n) is 5.32. The van der Waals surface area contributed by atoms with E-state index < -0.39 is 4.32 Å². The van der Waals surface area contributed by atoms with Gasteiger partial charge in [-0.15, -0.1) is 0 Å². The van der Waals surface area contributed by atoms with Gasteiger partial charge in [0.05, 0.1) is 0 Å². The molecule has 3 nitrogen and oxygen atoms in total. The van der Waals surface area contributed by atoms with Gasteiger partial charge in [-0.1, -0.05) is 53.2 Å². The number of nitrogens with one attached hydrogen (secondary N) is 1. The second kappa shape index (κ2) is 6.06. The SMILES string of the molecule is CC(C1CCNCC1)C(Br)(C(N)=O)c1ccccc1. The summed E-state index contributed by atoms with van der Waals surface area (Å²) in [6.07, 6.45) is 2.18. The summed E-state index contributed by atoms with van der Waals surface area (Å²) in [5.74, 6) is 0.382. The molecule has 0 radical (unpaired) electrons. The van der Waals surface area contributed by atoms with Crippen LogP contribution in [0.1, 0.15) is 25.3 Å². The minimum atomic E-state index is -0.768. The average molecular weight is 325 g/mol. The number of nitrogens with two attached hydrogens (primary N) is 1. The summed E-state index contributed by atoms with van der Waals surface area (Å²) in [5.41, 5.74) is 6.66. The van der Waals surface area contributed by atoms with Gasteiger partial charge in [0.25, 0.3) is 0 Å². The Morgan fingerprint density at radius 2 is 1.95 bits per heavy atom. The van der Waals surface area contributed by atoms with Gasteiger partial charge in [-0.25, -0.2) is 0 Å². The lowest BCUT2D eigenvalue weighted by atomic mass is 9.75. The number of hydrogen-bond acceptors (Lipinski definition) is 2. The average Bonchev–Trinajstić information content (AvgIpc) is 2.47. The Labute approximate surface area is 123 Å². The molecule has 1 heterocycles. The van der Waals surface area contributed by atoms with Crippen molar-refractivity contribution in [2.45, 2.75) is 24.1 Å². The van der Waals surface area contributed by atoms with Crippen LogP contribution in [0.2, 0.25) is 0 Å². The highest BCUT2D eigenvalue weighted by atomic mass is 79.9. The van der Waals surface area contributed by atoms with E-state index in [1.165, 1.54) is 0 Å². The molecule has 0 spiro atoms. The molecule has 1 fully saturated rings. The lowest BCUT2D eigenvalue weighted by Gasteiger charge is -2.38. The molecule has 2 atom stereocenters. The summed E-state index contributed by atoms with van der Waals surface area (Å²) in [7, 11) is 0. The number of halogens is 1. The van der Waals surface area contributed by atoms with Gasteiger partial charge in [0.2, 0.25) is 5.91 Å². The van der Waals surface area contributed by atoms with E-state index in [-0.39, 0.29) is 11.8 Å². The van der Waals surface area contributed by atoms with Crippen LogP contribution in [0.15, 0.2) is 30.3 Å². The summed E-state index contributed by atoms with van der Waals surface area (Å²) in [4.78, 5) is 12.1. The molecule has 104 valence electrons. The summed E-state index contributed by atoms with van der Waals surface area (Å²) in [6.45, 7) is 4.17. The van der Waals surface area contributed by atoms with E-state index in [2.05, 4.69) is 28.2 Å². The first kappa shape index (κ1) is 14.5. The van der Waals surface area contributed by atoms with Crippen molar-refractivity contribution in [1.29, 1.82) is 0 Å². The van der Waals surface area contributed by atoms with Crippen LogP contribution in [0.25, 0.3) is 0 Å². The maximum atomic E-state index is 12.1.